The molecule has 0 aliphatic rings. The van der Waals surface area contributed by atoms with E-state index in [1.807, 2.05) is 19.2 Å². The van der Waals surface area contributed by atoms with E-state index in [-0.39, 0.29) is 6.04 Å². The summed E-state index contributed by atoms with van der Waals surface area (Å²) < 4.78 is 0. The number of pyridine rings is 1. The van der Waals surface area contributed by atoms with Crippen molar-refractivity contribution < 1.29 is 0 Å². The van der Waals surface area contributed by atoms with E-state index in [1.54, 1.807) is 24.8 Å². The summed E-state index contributed by atoms with van der Waals surface area (Å²) in [6.45, 7) is 0. The zero-order valence-corrected chi connectivity index (χ0v) is 9.52. The first-order chi connectivity index (χ1) is 7.81. The molecule has 1 atom stereocenters. The predicted molar refractivity (Wildman–Crippen MR) is 62.2 cm³/mol. The molecule has 4 nitrogen and oxygen atoms in total. The molecule has 0 fully saturated rings. The van der Waals surface area contributed by atoms with E-state index in [0.29, 0.717) is 5.02 Å². The summed E-state index contributed by atoms with van der Waals surface area (Å²) in [6.07, 6.45) is 6.65. The van der Waals surface area contributed by atoms with Crippen molar-refractivity contribution >= 4 is 11.6 Å². The maximum absolute atomic E-state index is 5.79. The molecule has 0 saturated heterocycles. The van der Waals surface area contributed by atoms with Gasteiger partial charge in [0.05, 0.1) is 28.6 Å². The van der Waals surface area contributed by atoms with E-state index in [4.69, 9.17) is 11.6 Å². The number of halogens is 1. The zero-order valence-electron chi connectivity index (χ0n) is 8.76. The van der Waals surface area contributed by atoms with Crippen LogP contribution < -0.4 is 5.32 Å². The zero-order chi connectivity index (χ0) is 11.4. The molecule has 0 aliphatic carbocycles. The van der Waals surface area contributed by atoms with Crippen LogP contribution in [0.4, 0.5) is 0 Å². The van der Waals surface area contributed by atoms with Crippen LogP contribution in [0.2, 0.25) is 5.02 Å². The van der Waals surface area contributed by atoms with Gasteiger partial charge in [-0.3, -0.25) is 15.0 Å². The van der Waals surface area contributed by atoms with E-state index in [0.717, 1.165) is 11.4 Å². The summed E-state index contributed by atoms with van der Waals surface area (Å²) in [6, 6.07) is 3.62. The fourth-order valence-corrected chi connectivity index (χ4v) is 1.58. The molecule has 0 aliphatic heterocycles. The van der Waals surface area contributed by atoms with Crippen molar-refractivity contribution in [3.05, 3.63) is 53.3 Å². The quantitative estimate of drug-likeness (QED) is 0.881. The summed E-state index contributed by atoms with van der Waals surface area (Å²) in [5, 5.41) is 3.77. The summed E-state index contributed by atoms with van der Waals surface area (Å²) >= 11 is 5.79. The van der Waals surface area contributed by atoms with Gasteiger partial charge in [0.2, 0.25) is 0 Å². The second-order valence-electron chi connectivity index (χ2n) is 3.25. The van der Waals surface area contributed by atoms with Gasteiger partial charge < -0.3 is 5.32 Å². The van der Waals surface area contributed by atoms with Gasteiger partial charge in [0.15, 0.2) is 0 Å². The average molecular weight is 235 g/mol. The van der Waals surface area contributed by atoms with E-state index in [1.165, 1.54) is 0 Å². The van der Waals surface area contributed by atoms with E-state index in [2.05, 4.69) is 20.3 Å². The van der Waals surface area contributed by atoms with Crippen LogP contribution in [0.15, 0.2) is 36.9 Å². The van der Waals surface area contributed by atoms with Crippen molar-refractivity contribution in [3.8, 4) is 0 Å². The topological polar surface area (TPSA) is 50.7 Å². The second kappa shape index (κ2) is 5.01. The minimum Gasteiger partial charge on any atom is -0.307 e. The molecule has 0 amide bonds. The molecule has 0 saturated carbocycles. The van der Waals surface area contributed by atoms with E-state index >= 15 is 0 Å². The van der Waals surface area contributed by atoms with Crippen molar-refractivity contribution in [2.24, 2.45) is 0 Å². The average Bonchev–Trinajstić information content (AvgIpc) is 2.34. The van der Waals surface area contributed by atoms with Crippen LogP contribution >= 0.6 is 11.6 Å². The predicted octanol–water partition coefficient (Wildman–Crippen LogP) is 1.83. The molecule has 1 unspecified atom stereocenters. The normalized spacial score (nSPS) is 12.4. The maximum atomic E-state index is 5.79. The van der Waals surface area contributed by atoms with Crippen LogP contribution in [-0.4, -0.2) is 22.0 Å². The van der Waals surface area contributed by atoms with Gasteiger partial charge in [-0.2, -0.15) is 0 Å². The van der Waals surface area contributed by atoms with Crippen molar-refractivity contribution in [3.63, 3.8) is 0 Å². The lowest BCUT2D eigenvalue weighted by atomic mass is 10.1. The smallest absolute Gasteiger partial charge is 0.0938 e. The summed E-state index contributed by atoms with van der Waals surface area (Å²) in [5.74, 6) is 0. The third-order valence-electron chi connectivity index (χ3n) is 2.21. The Morgan fingerprint density at radius 2 is 2.00 bits per heavy atom. The Morgan fingerprint density at radius 1 is 1.12 bits per heavy atom. The minimum absolute atomic E-state index is 0.0639. The molecule has 1 N–H and O–H groups in total. The van der Waals surface area contributed by atoms with Gasteiger partial charge in [-0.25, -0.2) is 0 Å². The van der Waals surface area contributed by atoms with Crippen molar-refractivity contribution in [2.75, 3.05) is 7.05 Å². The Labute approximate surface area is 98.7 Å². The van der Waals surface area contributed by atoms with E-state index < -0.39 is 0 Å². The van der Waals surface area contributed by atoms with E-state index in [9.17, 15) is 0 Å². The molecule has 2 heterocycles. The SMILES string of the molecule is CNC(c1ccc(Cl)cn1)c1cnccn1. The third kappa shape index (κ3) is 2.35. The fraction of sp³-hybridized carbons (Fsp3) is 0.182. The molecule has 0 radical (unpaired) electrons. The van der Waals surface area contributed by atoms with Crippen molar-refractivity contribution in [1.82, 2.24) is 20.3 Å². The lowest BCUT2D eigenvalue weighted by molar-refractivity contribution is 0.648. The number of rotatable bonds is 3. The highest BCUT2D eigenvalue weighted by atomic mass is 35.5. The highest BCUT2D eigenvalue weighted by Gasteiger charge is 2.14. The number of hydrogen-bond donors (Lipinski definition) is 1. The number of hydrogen-bond acceptors (Lipinski definition) is 4. The lowest BCUT2D eigenvalue weighted by Gasteiger charge is -2.14. The first-order valence-corrected chi connectivity index (χ1v) is 5.23. The Hall–Kier alpha value is -1.52. The Bertz CT molecular complexity index is 443. The van der Waals surface area contributed by atoms with Gasteiger partial charge in [0, 0.05) is 18.6 Å². The third-order valence-corrected chi connectivity index (χ3v) is 2.44. The van der Waals surface area contributed by atoms with Gasteiger partial charge >= 0.3 is 0 Å². The first-order valence-electron chi connectivity index (χ1n) is 4.86. The maximum Gasteiger partial charge on any atom is 0.0938 e. The molecule has 5 heteroatoms. The van der Waals surface area contributed by atoms with Crippen LogP contribution in [-0.2, 0) is 0 Å². The first kappa shape index (κ1) is 11.0. The number of nitrogens with zero attached hydrogens (tertiary/aromatic N) is 3. The van der Waals surface area contributed by atoms with Crippen molar-refractivity contribution in [2.45, 2.75) is 6.04 Å². The number of nitrogens with one attached hydrogen (secondary N) is 1. The van der Waals surface area contributed by atoms with Crippen molar-refractivity contribution in [1.29, 1.82) is 0 Å². The fourth-order valence-electron chi connectivity index (χ4n) is 1.46. The van der Waals surface area contributed by atoms with Crippen LogP contribution in [0, 0.1) is 0 Å². The molecular formula is C11H11ClN4. The minimum atomic E-state index is -0.0639. The standard InChI is InChI=1S/C11H11ClN4/c1-13-11(10-7-14-4-5-15-10)9-3-2-8(12)6-16-9/h2-7,11,13H,1H3. The molecule has 0 aromatic carbocycles. The molecule has 0 spiro atoms. The molecule has 2 aromatic rings. The Balaban J connectivity index is 2.33. The van der Waals surface area contributed by atoms with Gasteiger partial charge in [0.25, 0.3) is 0 Å². The van der Waals surface area contributed by atoms with Gasteiger partial charge in [-0.15, -0.1) is 0 Å². The van der Waals surface area contributed by atoms with Gasteiger partial charge in [-0.1, -0.05) is 11.6 Å². The molecular weight excluding hydrogens is 224 g/mol. The van der Waals surface area contributed by atoms with Gasteiger partial charge in [-0.05, 0) is 19.2 Å². The van der Waals surface area contributed by atoms with Crippen LogP contribution in [0.25, 0.3) is 0 Å². The lowest BCUT2D eigenvalue weighted by Crippen LogP contribution is -2.20. The monoisotopic (exact) mass is 234 g/mol. The molecule has 2 aromatic heterocycles. The van der Waals surface area contributed by atoms with Gasteiger partial charge in [0.1, 0.15) is 0 Å². The van der Waals surface area contributed by atoms with Crippen LogP contribution in [0.5, 0.6) is 0 Å². The molecule has 16 heavy (non-hydrogen) atoms. The molecule has 0 bridgehead atoms. The Kier molecular flexibility index (Phi) is 3.44. The van der Waals surface area contributed by atoms with Crippen LogP contribution in [0.3, 0.4) is 0 Å². The highest BCUT2D eigenvalue weighted by molar-refractivity contribution is 6.30. The molecule has 82 valence electrons. The number of aromatic nitrogens is 3. The summed E-state index contributed by atoms with van der Waals surface area (Å²) in [5.41, 5.74) is 1.70. The summed E-state index contributed by atoms with van der Waals surface area (Å²) in [7, 11) is 1.86. The second-order valence-corrected chi connectivity index (χ2v) is 3.69. The Morgan fingerprint density at radius 3 is 2.56 bits per heavy atom. The largest absolute Gasteiger partial charge is 0.307 e. The summed E-state index contributed by atoms with van der Waals surface area (Å²) in [4.78, 5) is 12.6. The highest BCUT2D eigenvalue weighted by Crippen LogP contribution is 2.18. The van der Waals surface area contributed by atoms with Crippen LogP contribution in [0.1, 0.15) is 17.4 Å². The molecule has 2 rings (SSSR count).